The first-order chi connectivity index (χ1) is 22.8. The number of methoxy groups -OCH3 is 2. The van der Waals surface area contributed by atoms with Gasteiger partial charge in [-0.2, -0.15) is 9.78 Å². The molecule has 0 unspecified atom stereocenters. The van der Waals surface area contributed by atoms with Crippen LogP contribution in [0, 0.1) is 6.92 Å². The number of hydrogen-bond acceptors (Lipinski definition) is 8. The maximum Gasteiger partial charge on any atom is 0.282 e. The summed E-state index contributed by atoms with van der Waals surface area (Å²) in [5, 5.41) is 5.20. The van der Waals surface area contributed by atoms with E-state index < -0.39 is 0 Å². The third-order valence-electron chi connectivity index (χ3n) is 8.07. The number of benzene rings is 4. The van der Waals surface area contributed by atoms with Gasteiger partial charge in [-0.1, -0.05) is 38.1 Å². The zero-order chi connectivity index (χ0) is 33.1. The molecule has 9 heteroatoms. The summed E-state index contributed by atoms with van der Waals surface area (Å²) < 4.78 is 30.0. The van der Waals surface area contributed by atoms with E-state index in [9.17, 15) is 4.79 Å². The number of ether oxygens (including phenoxy) is 5. The van der Waals surface area contributed by atoms with Crippen LogP contribution in [0.25, 0.3) is 22.3 Å². The van der Waals surface area contributed by atoms with Gasteiger partial charge in [0.05, 0.1) is 31.3 Å². The molecule has 0 aliphatic carbocycles. The van der Waals surface area contributed by atoms with Crippen molar-refractivity contribution in [2.24, 2.45) is 5.10 Å². The van der Waals surface area contributed by atoms with Gasteiger partial charge in [-0.3, -0.25) is 4.79 Å². The third kappa shape index (κ3) is 6.29. The number of allylic oxidation sites excluding steroid dienone is 1. The summed E-state index contributed by atoms with van der Waals surface area (Å²) in [6.07, 6.45) is 3.97. The van der Waals surface area contributed by atoms with E-state index in [4.69, 9.17) is 33.8 Å². The molecule has 1 aliphatic rings. The van der Waals surface area contributed by atoms with Gasteiger partial charge in [0.25, 0.3) is 5.56 Å². The highest BCUT2D eigenvalue weighted by atomic mass is 16.7. The van der Waals surface area contributed by atoms with E-state index in [1.165, 1.54) is 4.68 Å². The molecule has 0 bridgehead atoms. The van der Waals surface area contributed by atoms with Gasteiger partial charge in [-0.05, 0) is 90.0 Å². The lowest BCUT2D eigenvalue weighted by Gasteiger charge is -2.17. The quantitative estimate of drug-likeness (QED) is 0.111. The van der Waals surface area contributed by atoms with Crippen molar-refractivity contribution < 1.29 is 23.7 Å². The Kier molecular flexibility index (Phi) is 8.97. The Balaban J connectivity index is 1.42. The Labute approximate surface area is 273 Å². The molecule has 5 aromatic rings. The molecule has 0 atom stereocenters. The van der Waals surface area contributed by atoms with Gasteiger partial charge in [0.2, 0.25) is 6.79 Å². The predicted octanol–water partition coefficient (Wildman–Crippen LogP) is 7.43. The highest BCUT2D eigenvalue weighted by Crippen LogP contribution is 2.37. The molecular weight excluding hydrogens is 594 g/mol. The smallest absolute Gasteiger partial charge is 0.282 e. The minimum Gasteiger partial charge on any atom is -0.496 e. The maximum atomic E-state index is 13.9. The van der Waals surface area contributed by atoms with E-state index in [0.29, 0.717) is 52.8 Å². The van der Waals surface area contributed by atoms with Gasteiger partial charge in [-0.25, -0.2) is 4.98 Å². The van der Waals surface area contributed by atoms with E-state index in [0.717, 1.165) is 39.1 Å². The zero-order valence-electron chi connectivity index (χ0n) is 27.2. The highest BCUT2D eigenvalue weighted by Gasteiger charge is 2.19. The molecule has 0 saturated heterocycles. The molecule has 47 heavy (non-hydrogen) atoms. The molecule has 9 nitrogen and oxygen atoms in total. The van der Waals surface area contributed by atoms with Crippen LogP contribution >= 0.6 is 0 Å². The normalized spacial score (nSPS) is 12.2. The zero-order valence-corrected chi connectivity index (χ0v) is 27.2. The lowest BCUT2D eigenvalue weighted by atomic mass is 9.96. The maximum absolute atomic E-state index is 13.9. The first-order valence-electron chi connectivity index (χ1n) is 15.4. The van der Waals surface area contributed by atoms with Crippen molar-refractivity contribution in [3.8, 4) is 40.1 Å². The summed E-state index contributed by atoms with van der Waals surface area (Å²) in [6.45, 7) is 10.6. The topological polar surface area (TPSA) is 93.4 Å². The fourth-order valence-electron chi connectivity index (χ4n) is 5.66. The van der Waals surface area contributed by atoms with E-state index in [-0.39, 0.29) is 18.3 Å². The molecule has 1 aromatic heterocycles. The minimum atomic E-state index is -0.273. The summed E-state index contributed by atoms with van der Waals surface area (Å²) in [6, 6.07) is 20.8. The molecule has 0 N–H and O–H groups in total. The number of rotatable bonds is 11. The Morgan fingerprint density at radius 2 is 1.79 bits per heavy atom. The van der Waals surface area contributed by atoms with Gasteiger partial charge in [0, 0.05) is 11.1 Å². The number of aryl methyl sites for hydroxylation is 1. The first-order valence-corrected chi connectivity index (χ1v) is 15.4. The van der Waals surface area contributed by atoms with Crippen molar-refractivity contribution >= 4 is 17.1 Å². The Hall–Kier alpha value is -5.57. The van der Waals surface area contributed by atoms with Crippen LogP contribution in [-0.2, 0) is 13.0 Å². The number of para-hydroxylation sites is 1. The van der Waals surface area contributed by atoms with E-state index in [2.05, 4.69) is 20.4 Å². The molecule has 0 radical (unpaired) electrons. The molecular formula is C38H37N3O6. The molecule has 0 saturated carbocycles. The van der Waals surface area contributed by atoms with Gasteiger partial charge in [0.1, 0.15) is 12.4 Å². The molecule has 240 valence electrons. The molecule has 0 spiro atoms. The molecule has 4 aromatic carbocycles. The lowest BCUT2D eigenvalue weighted by Crippen LogP contribution is -2.21. The predicted molar refractivity (Wildman–Crippen MR) is 184 cm³/mol. The van der Waals surface area contributed by atoms with Crippen LogP contribution in [0.5, 0.6) is 28.7 Å². The van der Waals surface area contributed by atoms with E-state index >= 15 is 0 Å². The van der Waals surface area contributed by atoms with Gasteiger partial charge < -0.3 is 23.7 Å². The summed E-state index contributed by atoms with van der Waals surface area (Å²) in [5.41, 5.74) is 5.55. The molecule has 6 rings (SSSR count). The number of aromatic nitrogens is 2. The fourth-order valence-corrected chi connectivity index (χ4v) is 5.66. The van der Waals surface area contributed by atoms with Crippen LogP contribution in [0.3, 0.4) is 0 Å². The molecule has 1 aliphatic heterocycles. The van der Waals surface area contributed by atoms with Gasteiger partial charge in [-0.15, -0.1) is 6.58 Å². The van der Waals surface area contributed by atoms with Crippen LogP contribution in [0.4, 0.5) is 0 Å². The van der Waals surface area contributed by atoms with Crippen molar-refractivity contribution in [1.29, 1.82) is 0 Å². The largest absolute Gasteiger partial charge is 0.496 e. The molecule has 0 fully saturated rings. The average molecular weight is 632 g/mol. The van der Waals surface area contributed by atoms with Crippen LogP contribution < -0.4 is 29.2 Å². The van der Waals surface area contributed by atoms with Crippen molar-refractivity contribution in [3.05, 3.63) is 118 Å². The second kappa shape index (κ2) is 13.4. The highest BCUT2D eigenvalue weighted by molar-refractivity contribution is 5.83. The third-order valence-corrected chi connectivity index (χ3v) is 8.07. The lowest BCUT2D eigenvalue weighted by molar-refractivity contribution is 0.174. The Morgan fingerprint density at radius 1 is 1.00 bits per heavy atom. The Bertz CT molecular complexity index is 2060. The van der Waals surface area contributed by atoms with Gasteiger partial charge in [0.15, 0.2) is 28.8 Å². The van der Waals surface area contributed by atoms with Crippen molar-refractivity contribution in [3.63, 3.8) is 0 Å². The van der Waals surface area contributed by atoms with Crippen LogP contribution in [0.2, 0.25) is 0 Å². The summed E-state index contributed by atoms with van der Waals surface area (Å²) >= 11 is 0. The average Bonchev–Trinajstić information content (AvgIpc) is 3.55. The minimum absolute atomic E-state index is 0.190. The number of hydrogen-bond donors (Lipinski definition) is 0. The SMILES string of the molecule is C=CCc1cc(C=Nn2c(-c3cc(C(C)C)c(OC)cc3C)nc3ccccc3c2=O)cc(OC)c1OCc1ccc2c(c1)OCO2. The van der Waals surface area contributed by atoms with Crippen LogP contribution in [-0.4, -0.2) is 36.9 Å². The van der Waals surface area contributed by atoms with Crippen molar-refractivity contribution in [1.82, 2.24) is 9.66 Å². The molecule has 0 amide bonds. The van der Waals surface area contributed by atoms with E-state index in [1.54, 1.807) is 32.6 Å². The van der Waals surface area contributed by atoms with Crippen molar-refractivity contribution in [2.75, 3.05) is 21.0 Å². The summed E-state index contributed by atoms with van der Waals surface area (Å²) in [5.74, 6) is 3.96. The fraction of sp³-hybridized carbons (Fsp3) is 0.237. The number of fused-ring (bicyclic) bond motifs is 2. The van der Waals surface area contributed by atoms with Crippen LogP contribution in [0.1, 0.15) is 47.6 Å². The Morgan fingerprint density at radius 3 is 2.55 bits per heavy atom. The first kappa shape index (κ1) is 31.4. The van der Waals surface area contributed by atoms with E-state index in [1.807, 2.05) is 67.6 Å². The van der Waals surface area contributed by atoms with Crippen LogP contribution in [0.15, 0.2) is 89.3 Å². The van der Waals surface area contributed by atoms with Gasteiger partial charge >= 0.3 is 0 Å². The summed E-state index contributed by atoms with van der Waals surface area (Å²) in [7, 11) is 3.26. The summed E-state index contributed by atoms with van der Waals surface area (Å²) in [4.78, 5) is 18.9. The molecule has 2 heterocycles. The standard InChI is InChI=1S/C38H37N3O6/c1-7-10-27-16-26(18-35(44-6)36(27)45-21-25-13-14-32-34(17-25)47-22-46-32)20-39-41-37(40-31-12-9-8-11-28(31)38(41)42)30-19-29(23(2)3)33(43-5)15-24(30)4/h7-9,11-20,23H,1,10,21-22H2,2-6H3. The second-order valence-corrected chi connectivity index (χ2v) is 11.6. The monoisotopic (exact) mass is 631 g/mol. The second-order valence-electron chi connectivity index (χ2n) is 11.6. The van der Waals surface area contributed by atoms with Crippen molar-refractivity contribution in [2.45, 2.75) is 39.7 Å². The number of nitrogens with zero attached hydrogens (tertiary/aromatic N) is 3.